The van der Waals surface area contributed by atoms with Crippen molar-refractivity contribution in [2.75, 3.05) is 13.1 Å². The standard InChI is InChI=1S/C26H29N3O2S/c30-24-13-12-22(23-11-7-17-32-23)27-29(24)19-20-8-6-16-28(18-20)25(31)26(14-4-5-15-26)21-9-2-1-3-10-21/h1-3,7,9-13,17,20H,4-6,8,14-16,18-19H2/t20-/m0/s1. The molecule has 3 aromatic rings. The highest BCUT2D eigenvalue weighted by Crippen LogP contribution is 2.43. The van der Waals surface area contributed by atoms with E-state index in [2.05, 4.69) is 22.1 Å². The van der Waals surface area contributed by atoms with Gasteiger partial charge in [-0.05, 0) is 54.7 Å². The number of aromatic nitrogens is 2. The minimum Gasteiger partial charge on any atom is -0.342 e. The molecular formula is C26H29N3O2S. The summed E-state index contributed by atoms with van der Waals surface area (Å²) in [4.78, 5) is 29.5. The molecule has 6 heteroatoms. The molecule has 1 saturated heterocycles. The molecule has 1 saturated carbocycles. The molecule has 1 aliphatic carbocycles. The second kappa shape index (κ2) is 9.02. The first-order valence-electron chi connectivity index (χ1n) is 11.6. The van der Waals surface area contributed by atoms with Gasteiger partial charge in [-0.1, -0.05) is 49.2 Å². The fraction of sp³-hybridized carbons (Fsp3) is 0.423. The molecule has 2 aliphatic rings. The predicted octanol–water partition coefficient (Wildman–Crippen LogP) is 4.72. The summed E-state index contributed by atoms with van der Waals surface area (Å²) in [6.07, 6.45) is 6.06. The van der Waals surface area contributed by atoms with Crippen LogP contribution in [0.3, 0.4) is 0 Å². The van der Waals surface area contributed by atoms with Crippen LogP contribution in [0.5, 0.6) is 0 Å². The average Bonchev–Trinajstić information content (AvgIpc) is 3.54. The lowest BCUT2D eigenvalue weighted by atomic mass is 9.77. The molecule has 5 rings (SSSR count). The molecule has 0 N–H and O–H groups in total. The third-order valence-electron chi connectivity index (χ3n) is 7.07. The lowest BCUT2D eigenvalue weighted by Gasteiger charge is -2.39. The van der Waals surface area contributed by atoms with E-state index >= 15 is 0 Å². The first kappa shape index (κ1) is 21.1. The second-order valence-electron chi connectivity index (χ2n) is 9.13. The zero-order chi connectivity index (χ0) is 22.0. The molecule has 0 spiro atoms. The van der Waals surface area contributed by atoms with Crippen molar-refractivity contribution in [3.8, 4) is 10.6 Å². The summed E-state index contributed by atoms with van der Waals surface area (Å²) in [5.41, 5.74) is 1.53. The van der Waals surface area contributed by atoms with Gasteiger partial charge in [-0.2, -0.15) is 5.10 Å². The normalized spacial score (nSPS) is 20.4. The Labute approximate surface area is 192 Å². The summed E-state index contributed by atoms with van der Waals surface area (Å²) in [5.74, 6) is 0.518. The van der Waals surface area contributed by atoms with E-state index in [1.807, 2.05) is 35.7 Å². The van der Waals surface area contributed by atoms with Crippen LogP contribution in [0.2, 0.25) is 0 Å². The molecule has 2 fully saturated rings. The maximum absolute atomic E-state index is 13.8. The van der Waals surface area contributed by atoms with Crippen molar-refractivity contribution < 1.29 is 4.79 Å². The van der Waals surface area contributed by atoms with Gasteiger partial charge < -0.3 is 4.90 Å². The number of amides is 1. The van der Waals surface area contributed by atoms with Crippen LogP contribution < -0.4 is 5.56 Å². The third-order valence-corrected chi connectivity index (χ3v) is 7.96. The highest BCUT2D eigenvalue weighted by molar-refractivity contribution is 7.13. The van der Waals surface area contributed by atoms with Gasteiger partial charge in [0.15, 0.2) is 0 Å². The van der Waals surface area contributed by atoms with E-state index in [1.165, 1.54) is 0 Å². The van der Waals surface area contributed by atoms with Gasteiger partial charge in [0, 0.05) is 25.7 Å². The maximum Gasteiger partial charge on any atom is 0.266 e. The number of nitrogens with zero attached hydrogens (tertiary/aromatic N) is 3. The number of hydrogen-bond donors (Lipinski definition) is 0. The third kappa shape index (κ3) is 4.04. The van der Waals surface area contributed by atoms with Crippen LogP contribution >= 0.6 is 11.3 Å². The van der Waals surface area contributed by atoms with Crippen molar-refractivity contribution in [2.24, 2.45) is 5.92 Å². The van der Waals surface area contributed by atoms with Crippen molar-refractivity contribution in [3.63, 3.8) is 0 Å². The van der Waals surface area contributed by atoms with Crippen molar-refractivity contribution in [3.05, 3.63) is 75.9 Å². The van der Waals surface area contributed by atoms with E-state index in [-0.39, 0.29) is 22.8 Å². The van der Waals surface area contributed by atoms with Gasteiger partial charge in [0.05, 0.1) is 10.3 Å². The minimum absolute atomic E-state index is 0.0784. The molecule has 0 radical (unpaired) electrons. The Kier molecular flexibility index (Phi) is 5.96. The predicted molar refractivity (Wildman–Crippen MR) is 128 cm³/mol. The summed E-state index contributed by atoms with van der Waals surface area (Å²) in [6, 6.07) is 17.8. The van der Waals surface area contributed by atoms with Gasteiger partial charge in [-0.3, -0.25) is 9.59 Å². The van der Waals surface area contributed by atoms with E-state index in [0.29, 0.717) is 13.1 Å². The second-order valence-corrected chi connectivity index (χ2v) is 10.1. The summed E-state index contributed by atoms with van der Waals surface area (Å²) >= 11 is 1.62. The minimum atomic E-state index is -0.378. The van der Waals surface area contributed by atoms with Crippen LogP contribution in [0, 0.1) is 5.92 Å². The lowest BCUT2D eigenvalue weighted by molar-refractivity contribution is -0.139. The zero-order valence-electron chi connectivity index (χ0n) is 18.3. The molecule has 1 amide bonds. The summed E-state index contributed by atoms with van der Waals surface area (Å²) in [6.45, 7) is 2.06. The van der Waals surface area contributed by atoms with Crippen molar-refractivity contribution in [1.29, 1.82) is 0 Å². The lowest BCUT2D eigenvalue weighted by Crippen LogP contribution is -2.50. The number of carbonyl (C=O) groups excluding carboxylic acids is 1. The molecule has 32 heavy (non-hydrogen) atoms. The van der Waals surface area contributed by atoms with Gasteiger partial charge in [0.25, 0.3) is 5.56 Å². The van der Waals surface area contributed by atoms with Crippen LogP contribution in [0.25, 0.3) is 10.6 Å². The summed E-state index contributed by atoms with van der Waals surface area (Å²) in [7, 11) is 0. The maximum atomic E-state index is 13.8. The summed E-state index contributed by atoms with van der Waals surface area (Å²) in [5, 5.41) is 6.65. The Morgan fingerprint density at radius 2 is 1.84 bits per heavy atom. The average molecular weight is 448 g/mol. The molecule has 0 bridgehead atoms. The number of thiophene rings is 1. The number of hydrogen-bond acceptors (Lipinski definition) is 4. The number of piperidine rings is 1. The Morgan fingerprint density at radius 1 is 1.03 bits per heavy atom. The van der Waals surface area contributed by atoms with Crippen molar-refractivity contribution in [1.82, 2.24) is 14.7 Å². The highest BCUT2D eigenvalue weighted by Gasteiger charge is 2.45. The van der Waals surface area contributed by atoms with E-state index < -0.39 is 0 Å². The summed E-state index contributed by atoms with van der Waals surface area (Å²) < 4.78 is 1.59. The molecule has 166 valence electrons. The monoisotopic (exact) mass is 447 g/mol. The molecule has 0 unspecified atom stereocenters. The van der Waals surface area contributed by atoms with Crippen molar-refractivity contribution in [2.45, 2.75) is 50.5 Å². The van der Waals surface area contributed by atoms with E-state index in [1.54, 1.807) is 28.2 Å². The number of benzene rings is 1. The Hall–Kier alpha value is -2.73. The van der Waals surface area contributed by atoms with Crippen LogP contribution in [0.15, 0.2) is 64.8 Å². The van der Waals surface area contributed by atoms with Crippen LogP contribution in [0.4, 0.5) is 0 Å². The molecular weight excluding hydrogens is 418 g/mol. The van der Waals surface area contributed by atoms with E-state index in [4.69, 9.17) is 0 Å². The number of likely N-dealkylation sites (tertiary alicyclic amines) is 1. The van der Waals surface area contributed by atoms with Crippen LogP contribution in [-0.2, 0) is 16.8 Å². The fourth-order valence-electron chi connectivity index (χ4n) is 5.44. The molecule has 2 aromatic heterocycles. The van der Waals surface area contributed by atoms with Gasteiger partial charge >= 0.3 is 0 Å². The molecule has 1 aromatic carbocycles. The van der Waals surface area contributed by atoms with Crippen molar-refractivity contribution >= 4 is 17.2 Å². The SMILES string of the molecule is O=C(N1CCC[C@H](Cn2nc(-c3cccs3)ccc2=O)C1)C1(c2ccccc2)CCCC1. The fourth-order valence-corrected chi connectivity index (χ4v) is 6.13. The van der Waals surface area contributed by atoms with E-state index in [0.717, 1.165) is 61.2 Å². The number of rotatable bonds is 5. The molecule has 5 nitrogen and oxygen atoms in total. The highest BCUT2D eigenvalue weighted by atomic mass is 32.1. The Morgan fingerprint density at radius 3 is 2.59 bits per heavy atom. The Bertz CT molecular complexity index is 1120. The largest absolute Gasteiger partial charge is 0.342 e. The topological polar surface area (TPSA) is 55.2 Å². The molecule has 1 atom stereocenters. The van der Waals surface area contributed by atoms with Gasteiger partial charge in [0.1, 0.15) is 5.69 Å². The van der Waals surface area contributed by atoms with Gasteiger partial charge in [-0.25, -0.2) is 4.68 Å². The first-order chi connectivity index (χ1) is 15.7. The van der Waals surface area contributed by atoms with Gasteiger partial charge in [0.2, 0.25) is 5.91 Å². The van der Waals surface area contributed by atoms with Crippen LogP contribution in [-0.4, -0.2) is 33.7 Å². The smallest absolute Gasteiger partial charge is 0.266 e. The molecule has 1 aliphatic heterocycles. The molecule has 3 heterocycles. The first-order valence-corrected chi connectivity index (χ1v) is 12.5. The van der Waals surface area contributed by atoms with Gasteiger partial charge in [-0.15, -0.1) is 11.3 Å². The zero-order valence-corrected chi connectivity index (χ0v) is 19.1. The Balaban J connectivity index is 1.34. The van der Waals surface area contributed by atoms with E-state index in [9.17, 15) is 9.59 Å². The van der Waals surface area contributed by atoms with Crippen LogP contribution in [0.1, 0.15) is 44.1 Å². The number of carbonyl (C=O) groups is 1. The quantitative estimate of drug-likeness (QED) is 0.569.